The Morgan fingerprint density at radius 3 is 2.85 bits per heavy atom. The summed E-state index contributed by atoms with van der Waals surface area (Å²) in [5, 5.41) is 2.86. The van der Waals surface area contributed by atoms with E-state index in [1.165, 1.54) is 0 Å². The summed E-state index contributed by atoms with van der Waals surface area (Å²) < 4.78 is 5.26. The fraction of sp³-hybridized carbons (Fsp3) is 0.889. The number of nitrogens with one attached hydrogen (secondary N) is 1. The zero-order valence-electron chi connectivity index (χ0n) is 7.79. The van der Waals surface area contributed by atoms with Crippen molar-refractivity contribution in [3.63, 3.8) is 0 Å². The van der Waals surface area contributed by atoms with Crippen molar-refractivity contribution in [2.45, 2.75) is 6.42 Å². The molecule has 0 bridgehead atoms. The number of rotatable bonds is 2. The van der Waals surface area contributed by atoms with Gasteiger partial charge >= 0.3 is 0 Å². The van der Waals surface area contributed by atoms with Crippen LogP contribution in [0.5, 0.6) is 0 Å². The predicted octanol–water partition coefficient (Wildman–Crippen LogP) is -0.545. The van der Waals surface area contributed by atoms with Gasteiger partial charge in [-0.3, -0.25) is 9.69 Å². The Morgan fingerprint density at radius 2 is 2.23 bits per heavy atom. The van der Waals surface area contributed by atoms with E-state index in [9.17, 15) is 4.79 Å². The minimum Gasteiger partial charge on any atom is -0.379 e. The van der Waals surface area contributed by atoms with E-state index in [1.54, 1.807) is 0 Å². The molecule has 1 amide bonds. The monoisotopic (exact) mass is 184 g/mol. The molecule has 0 aromatic rings. The van der Waals surface area contributed by atoms with Gasteiger partial charge < -0.3 is 10.1 Å². The quantitative estimate of drug-likeness (QED) is 0.626. The summed E-state index contributed by atoms with van der Waals surface area (Å²) in [5.41, 5.74) is 0. The Labute approximate surface area is 78.2 Å². The fourth-order valence-electron chi connectivity index (χ4n) is 1.94. The number of ether oxygens (including phenoxy) is 1. The molecule has 0 saturated carbocycles. The SMILES string of the molecule is O=C1C[C@H](CN2CCOCC2)CN1. The highest BCUT2D eigenvalue weighted by atomic mass is 16.5. The van der Waals surface area contributed by atoms with Gasteiger partial charge in [0.25, 0.3) is 0 Å². The minimum atomic E-state index is 0.207. The van der Waals surface area contributed by atoms with Crippen LogP contribution in [0.2, 0.25) is 0 Å². The Bertz CT molecular complexity index is 190. The Hall–Kier alpha value is -0.610. The molecule has 1 N–H and O–H groups in total. The van der Waals surface area contributed by atoms with Crippen LogP contribution in [-0.2, 0) is 9.53 Å². The van der Waals surface area contributed by atoms with Crippen molar-refractivity contribution >= 4 is 5.91 Å². The van der Waals surface area contributed by atoms with E-state index < -0.39 is 0 Å². The number of hydrogen-bond acceptors (Lipinski definition) is 3. The molecular formula is C9H16N2O2. The first kappa shape index (κ1) is 8.97. The van der Waals surface area contributed by atoms with Crippen molar-refractivity contribution in [3.05, 3.63) is 0 Å². The molecule has 13 heavy (non-hydrogen) atoms. The largest absolute Gasteiger partial charge is 0.379 e. The van der Waals surface area contributed by atoms with Gasteiger partial charge in [0.15, 0.2) is 0 Å². The topological polar surface area (TPSA) is 41.6 Å². The second-order valence-corrected chi connectivity index (χ2v) is 3.79. The lowest BCUT2D eigenvalue weighted by Crippen LogP contribution is -2.39. The number of carbonyl (C=O) groups excluding carboxylic acids is 1. The van der Waals surface area contributed by atoms with E-state index in [1.807, 2.05) is 0 Å². The lowest BCUT2D eigenvalue weighted by molar-refractivity contribution is -0.119. The molecule has 2 aliphatic rings. The van der Waals surface area contributed by atoms with Crippen LogP contribution < -0.4 is 5.32 Å². The summed E-state index contributed by atoms with van der Waals surface area (Å²) >= 11 is 0. The molecule has 0 aliphatic carbocycles. The van der Waals surface area contributed by atoms with E-state index in [2.05, 4.69) is 10.2 Å². The number of amides is 1. The molecule has 2 heterocycles. The molecule has 4 nitrogen and oxygen atoms in total. The van der Waals surface area contributed by atoms with Gasteiger partial charge in [0, 0.05) is 32.6 Å². The fourth-order valence-corrected chi connectivity index (χ4v) is 1.94. The second kappa shape index (κ2) is 4.07. The molecule has 2 fully saturated rings. The van der Waals surface area contributed by atoms with Gasteiger partial charge in [-0.05, 0) is 5.92 Å². The standard InChI is InChI=1S/C9H16N2O2/c12-9-5-8(6-10-9)7-11-1-3-13-4-2-11/h8H,1-7H2,(H,10,12)/t8-/m0/s1. The van der Waals surface area contributed by atoms with Gasteiger partial charge in [-0.15, -0.1) is 0 Å². The molecule has 0 aromatic heterocycles. The summed E-state index contributed by atoms with van der Waals surface area (Å²) in [7, 11) is 0. The van der Waals surface area contributed by atoms with Crippen LogP contribution in [0.15, 0.2) is 0 Å². The van der Waals surface area contributed by atoms with Crippen molar-refractivity contribution in [3.8, 4) is 0 Å². The van der Waals surface area contributed by atoms with Crippen molar-refractivity contribution in [1.29, 1.82) is 0 Å². The number of carbonyl (C=O) groups is 1. The molecule has 1 atom stereocenters. The molecule has 2 rings (SSSR count). The number of nitrogens with zero attached hydrogens (tertiary/aromatic N) is 1. The van der Waals surface area contributed by atoms with Crippen molar-refractivity contribution in [1.82, 2.24) is 10.2 Å². The first-order valence-corrected chi connectivity index (χ1v) is 4.91. The van der Waals surface area contributed by atoms with Crippen LogP contribution in [0.25, 0.3) is 0 Å². The second-order valence-electron chi connectivity index (χ2n) is 3.79. The van der Waals surface area contributed by atoms with Gasteiger partial charge in [0.2, 0.25) is 5.91 Å². The summed E-state index contributed by atoms with van der Waals surface area (Å²) in [6.45, 7) is 5.62. The first-order valence-electron chi connectivity index (χ1n) is 4.91. The molecule has 2 aliphatic heterocycles. The Balaban J connectivity index is 1.73. The van der Waals surface area contributed by atoms with Gasteiger partial charge in [0.1, 0.15) is 0 Å². The van der Waals surface area contributed by atoms with Gasteiger partial charge in [-0.2, -0.15) is 0 Å². The third-order valence-corrected chi connectivity index (χ3v) is 2.68. The van der Waals surface area contributed by atoms with E-state index in [-0.39, 0.29) is 5.91 Å². The third kappa shape index (κ3) is 2.42. The number of morpholine rings is 1. The molecule has 0 spiro atoms. The zero-order chi connectivity index (χ0) is 9.10. The third-order valence-electron chi connectivity index (χ3n) is 2.68. The highest BCUT2D eigenvalue weighted by molar-refractivity contribution is 5.78. The molecule has 74 valence electrons. The van der Waals surface area contributed by atoms with Crippen LogP contribution in [0.1, 0.15) is 6.42 Å². The zero-order valence-corrected chi connectivity index (χ0v) is 7.79. The number of hydrogen-bond donors (Lipinski definition) is 1. The normalized spacial score (nSPS) is 30.5. The maximum atomic E-state index is 10.9. The van der Waals surface area contributed by atoms with E-state index >= 15 is 0 Å². The lowest BCUT2D eigenvalue weighted by atomic mass is 10.1. The first-order chi connectivity index (χ1) is 6.34. The molecule has 0 unspecified atom stereocenters. The molecule has 2 saturated heterocycles. The van der Waals surface area contributed by atoms with Crippen molar-refractivity contribution in [2.75, 3.05) is 39.4 Å². The smallest absolute Gasteiger partial charge is 0.220 e. The Kier molecular flexibility index (Phi) is 2.80. The van der Waals surface area contributed by atoms with Crippen LogP contribution in [0.3, 0.4) is 0 Å². The molecule has 0 radical (unpaired) electrons. The van der Waals surface area contributed by atoms with Gasteiger partial charge in [-0.1, -0.05) is 0 Å². The molecule has 0 aromatic carbocycles. The average Bonchev–Trinajstić information content (AvgIpc) is 2.53. The highest BCUT2D eigenvalue weighted by Gasteiger charge is 2.24. The van der Waals surface area contributed by atoms with Crippen LogP contribution in [-0.4, -0.2) is 50.2 Å². The van der Waals surface area contributed by atoms with E-state index in [0.29, 0.717) is 12.3 Å². The Morgan fingerprint density at radius 1 is 1.46 bits per heavy atom. The van der Waals surface area contributed by atoms with Crippen LogP contribution in [0, 0.1) is 5.92 Å². The molecule has 4 heteroatoms. The van der Waals surface area contributed by atoms with Crippen molar-refractivity contribution in [2.24, 2.45) is 5.92 Å². The maximum absolute atomic E-state index is 10.9. The lowest BCUT2D eigenvalue weighted by Gasteiger charge is -2.28. The highest BCUT2D eigenvalue weighted by Crippen LogP contribution is 2.11. The van der Waals surface area contributed by atoms with E-state index in [0.717, 1.165) is 39.4 Å². The van der Waals surface area contributed by atoms with Crippen LogP contribution >= 0.6 is 0 Å². The predicted molar refractivity (Wildman–Crippen MR) is 48.4 cm³/mol. The van der Waals surface area contributed by atoms with Gasteiger partial charge in [0.05, 0.1) is 13.2 Å². The maximum Gasteiger partial charge on any atom is 0.220 e. The average molecular weight is 184 g/mol. The summed E-state index contributed by atoms with van der Waals surface area (Å²) in [4.78, 5) is 13.3. The minimum absolute atomic E-state index is 0.207. The van der Waals surface area contributed by atoms with Crippen molar-refractivity contribution < 1.29 is 9.53 Å². The van der Waals surface area contributed by atoms with E-state index in [4.69, 9.17) is 4.74 Å². The summed E-state index contributed by atoms with van der Waals surface area (Å²) in [6, 6.07) is 0. The van der Waals surface area contributed by atoms with Crippen LogP contribution in [0.4, 0.5) is 0 Å². The summed E-state index contributed by atoms with van der Waals surface area (Å²) in [6.07, 6.45) is 0.706. The molecular weight excluding hydrogens is 168 g/mol. The summed E-state index contributed by atoms with van der Waals surface area (Å²) in [5.74, 6) is 0.726. The van der Waals surface area contributed by atoms with Gasteiger partial charge in [-0.25, -0.2) is 0 Å².